The Morgan fingerprint density at radius 1 is 1.40 bits per heavy atom. The first-order valence-corrected chi connectivity index (χ1v) is 9.32. The maximum absolute atomic E-state index is 4.35. The van der Waals surface area contributed by atoms with Gasteiger partial charge in [-0.15, -0.1) is 0 Å². The van der Waals surface area contributed by atoms with Crippen molar-refractivity contribution in [2.75, 3.05) is 6.54 Å². The molecule has 5 heteroatoms. The zero-order valence-electron chi connectivity index (χ0n) is 13.1. The van der Waals surface area contributed by atoms with Gasteiger partial charge in [-0.05, 0) is 55.1 Å². The van der Waals surface area contributed by atoms with Gasteiger partial charge < -0.3 is 5.32 Å². The van der Waals surface area contributed by atoms with Gasteiger partial charge in [-0.3, -0.25) is 0 Å². The van der Waals surface area contributed by atoms with Crippen LogP contribution in [0.5, 0.6) is 0 Å². The van der Waals surface area contributed by atoms with Crippen molar-refractivity contribution in [3.8, 4) is 0 Å². The van der Waals surface area contributed by atoms with Gasteiger partial charge in [0.2, 0.25) is 0 Å². The van der Waals surface area contributed by atoms with E-state index in [-0.39, 0.29) is 0 Å². The fourth-order valence-electron chi connectivity index (χ4n) is 2.95. The van der Waals surface area contributed by atoms with Crippen molar-refractivity contribution in [1.82, 2.24) is 14.7 Å². The second-order valence-corrected chi connectivity index (χ2v) is 9.07. The maximum Gasteiger partial charge on any atom is 0.170 e. The topological polar surface area (TPSA) is 37.8 Å². The van der Waals surface area contributed by atoms with Crippen molar-refractivity contribution in [3.05, 3.63) is 6.33 Å². The largest absolute Gasteiger partial charge is 0.313 e. The fourth-order valence-corrected chi connectivity index (χ4v) is 5.00. The third-order valence-electron chi connectivity index (χ3n) is 4.27. The Morgan fingerprint density at radius 2 is 2.20 bits per heavy atom. The Balaban J connectivity index is 2.02. The monoisotopic (exact) mass is 313 g/mol. The average molecular weight is 314 g/mol. The van der Waals surface area contributed by atoms with Crippen molar-refractivity contribution in [2.24, 2.45) is 11.3 Å². The lowest BCUT2D eigenvalue weighted by molar-refractivity contribution is 0.165. The number of nitrogens with zero attached hydrogens (tertiary/aromatic N) is 2. The molecule has 20 heavy (non-hydrogen) atoms. The van der Waals surface area contributed by atoms with E-state index >= 15 is 0 Å². The van der Waals surface area contributed by atoms with Gasteiger partial charge in [0.25, 0.3) is 0 Å². The van der Waals surface area contributed by atoms with Crippen molar-refractivity contribution < 1.29 is 0 Å². The number of rotatable bonds is 5. The van der Waals surface area contributed by atoms with Gasteiger partial charge in [0, 0.05) is 11.3 Å². The van der Waals surface area contributed by atoms with Crippen LogP contribution in [0.1, 0.15) is 53.4 Å². The highest BCUT2D eigenvalue weighted by atomic mass is 32.2. The van der Waals surface area contributed by atoms with Gasteiger partial charge in [0.05, 0.1) is 0 Å². The van der Waals surface area contributed by atoms with Gasteiger partial charge in [-0.1, -0.05) is 39.5 Å². The molecular formula is C15H27N3S2. The Hall–Kier alpha value is -0.130. The van der Waals surface area contributed by atoms with Crippen LogP contribution < -0.4 is 5.32 Å². The van der Waals surface area contributed by atoms with Gasteiger partial charge in [-0.2, -0.15) is 4.37 Å². The summed E-state index contributed by atoms with van der Waals surface area (Å²) in [6.45, 7) is 10.5. The van der Waals surface area contributed by atoms with E-state index in [1.54, 1.807) is 6.33 Å². The van der Waals surface area contributed by atoms with Crippen LogP contribution >= 0.6 is 23.3 Å². The van der Waals surface area contributed by atoms with E-state index in [1.165, 1.54) is 37.2 Å². The third kappa shape index (κ3) is 4.43. The summed E-state index contributed by atoms with van der Waals surface area (Å²) in [4.78, 5) is 4.35. The minimum absolute atomic E-state index is 0.412. The highest BCUT2D eigenvalue weighted by Gasteiger charge is 2.36. The standard InChI is InChI=1S/C15H27N3S2/c1-5-8-16-12-7-6-11(15(2,3)4)9-13(12)19-14-17-10-18-20-14/h10-13,16H,5-9H2,1-4H3. The molecule has 1 aromatic heterocycles. The molecule has 0 spiro atoms. The van der Waals surface area contributed by atoms with Crippen LogP contribution in [0.15, 0.2) is 10.7 Å². The van der Waals surface area contributed by atoms with Crippen LogP contribution in [0.25, 0.3) is 0 Å². The molecule has 3 nitrogen and oxygen atoms in total. The molecule has 3 unspecified atom stereocenters. The summed E-state index contributed by atoms with van der Waals surface area (Å²) in [5, 5.41) is 4.37. The molecular weight excluding hydrogens is 286 g/mol. The summed E-state index contributed by atoms with van der Waals surface area (Å²) in [7, 11) is 0. The van der Waals surface area contributed by atoms with Crippen LogP contribution in [0.2, 0.25) is 0 Å². The zero-order chi connectivity index (χ0) is 14.6. The average Bonchev–Trinajstić information content (AvgIpc) is 2.89. The lowest BCUT2D eigenvalue weighted by atomic mass is 9.71. The van der Waals surface area contributed by atoms with E-state index < -0.39 is 0 Å². The fraction of sp³-hybridized carbons (Fsp3) is 0.867. The summed E-state index contributed by atoms with van der Waals surface area (Å²) in [5.74, 6) is 0.813. The number of hydrogen-bond donors (Lipinski definition) is 1. The van der Waals surface area contributed by atoms with Crippen molar-refractivity contribution >= 4 is 23.3 Å². The van der Waals surface area contributed by atoms with E-state index in [1.807, 2.05) is 11.8 Å². The second kappa shape index (κ2) is 7.23. The first-order chi connectivity index (χ1) is 9.50. The second-order valence-electron chi connectivity index (χ2n) is 6.80. The van der Waals surface area contributed by atoms with Gasteiger partial charge in [0.15, 0.2) is 4.34 Å². The molecule has 0 radical (unpaired) electrons. The smallest absolute Gasteiger partial charge is 0.170 e. The quantitative estimate of drug-likeness (QED) is 0.883. The van der Waals surface area contributed by atoms with E-state index in [2.05, 4.69) is 42.4 Å². The molecule has 1 aromatic rings. The highest BCUT2D eigenvalue weighted by molar-refractivity contribution is 8.01. The normalized spacial score (nSPS) is 27.7. The van der Waals surface area contributed by atoms with E-state index in [0.29, 0.717) is 16.7 Å². The van der Waals surface area contributed by atoms with Crippen LogP contribution in [-0.2, 0) is 0 Å². The molecule has 1 heterocycles. The number of aromatic nitrogens is 2. The predicted octanol–water partition coefficient (Wildman–Crippen LogP) is 4.21. The first-order valence-electron chi connectivity index (χ1n) is 7.67. The lowest BCUT2D eigenvalue weighted by Crippen LogP contribution is -2.45. The predicted molar refractivity (Wildman–Crippen MR) is 88.4 cm³/mol. The third-order valence-corrected chi connectivity index (χ3v) is 6.37. The molecule has 0 amide bonds. The van der Waals surface area contributed by atoms with E-state index in [9.17, 15) is 0 Å². The molecule has 2 rings (SSSR count). The molecule has 0 aliphatic heterocycles. The van der Waals surface area contributed by atoms with Gasteiger partial charge in [-0.25, -0.2) is 4.98 Å². The Labute approximate surface area is 131 Å². The Kier molecular flexibility index (Phi) is 5.87. The minimum atomic E-state index is 0.412. The molecule has 3 atom stereocenters. The zero-order valence-corrected chi connectivity index (χ0v) is 14.7. The molecule has 1 N–H and O–H groups in total. The summed E-state index contributed by atoms with van der Waals surface area (Å²) in [5.41, 5.74) is 0.412. The highest BCUT2D eigenvalue weighted by Crippen LogP contribution is 2.43. The molecule has 1 fully saturated rings. The van der Waals surface area contributed by atoms with Gasteiger partial charge in [0.1, 0.15) is 6.33 Å². The molecule has 114 valence electrons. The summed E-state index contributed by atoms with van der Waals surface area (Å²) in [6.07, 6.45) is 6.80. The summed E-state index contributed by atoms with van der Waals surface area (Å²) >= 11 is 3.46. The lowest BCUT2D eigenvalue weighted by Gasteiger charge is -2.41. The van der Waals surface area contributed by atoms with Crippen molar-refractivity contribution in [3.63, 3.8) is 0 Å². The van der Waals surface area contributed by atoms with Crippen LogP contribution in [0, 0.1) is 11.3 Å². The van der Waals surface area contributed by atoms with E-state index in [4.69, 9.17) is 0 Å². The number of nitrogens with one attached hydrogen (secondary N) is 1. The molecule has 0 aromatic carbocycles. The Morgan fingerprint density at radius 3 is 2.80 bits per heavy atom. The van der Waals surface area contributed by atoms with E-state index in [0.717, 1.165) is 16.8 Å². The summed E-state index contributed by atoms with van der Waals surface area (Å²) in [6, 6.07) is 0.627. The maximum atomic E-state index is 4.35. The first kappa shape index (κ1) is 16.2. The molecule has 0 saturated heterocycles. The summed E-state index contributed by atoms with van der Waals surface area (Å²) < 4.78 is 5.25. The van der Waals surface area contributed by atoms with Crippen LogP contribution in [0.3, 0.4) is 0 Å². The molecule has 1 aliphatic carbocycles. The SMILES string of the molecule is CCCNC1CCC(C(C)(C)C)CC1Sc1ncns1. The molecule has 1 saturated carbocycles. The van der Waals surface area contributed by atoms with Crippen LogP contribution in [0.4, 0.5) is 0 Å². The Bertz CT molecular complexity index is 386. The molecule has 1 aliphatic rings. The molecule has 0 bridgehead atoms. The number of hydrogen-bond acceptors (Lipinski definition) is 5. The van der Waals surface area contributed by atoms with Crippen molar-refractivity contribution in [1.29, 1.82) is 0 Å². The van der Waals surface area contributed by atoms with Crippen molar-refractivity contribution in [2.45, 2.75) is 69.0 Å². The minimum Gasteiger partial charge on any atom is -0.313 e. The van der Waals surface area contributed by atoms with Crippen LogP contribution in [-0.4, -0.2) is 27.2 Å². The van der Waals surface area contributed by atoms with Gasteiger partial charge >= 0.3 is 0 Å². The number of thioether (sulfide) groups is 1.